The number of rotatable bonds is 5. The molecule has 156 valence electrons. The van der Waals surface area contributed by atoms with Crippen molar-refractivity contribution < 1.29 is 17.9 Å². The van der Waals surface area contributed by atoms with Crippen LogP contribution in [0.25, 0.3) is 0 Å². The third-order valence-corrected chi connectivity index (χ3v) is 7.55. The van der Waals surface area contributed by atoms with Crippen LogP contribution >= 0.6 is 11.6 Å². The average Bonchev–Trinajstić information content (AvgIpc) is 2.69. The minimum Gasteiger partial charge on any atom is -0.492 e. The third-order valence-electron chi connectivity index (χ3n) is 5.39. The number of piperazine rings is 1. The van der Waals surface area contributed by atoms with Gasteiger partial charge in [-0.3, -0.25) is 4.79 Å². The van der Waals surface area contributed by atoms with Crippen molar-refractivity contribution in [3.8, 4) is 5.75 Å². The highest BCUT2D eigenvalue weighted by Crippen LogP contribution is 2.31. The highest BCUT2D eigenvalue weighted by atomic mass is 35.5. The van der Waals surface area contributed by atoms with Gasteiger partial charge in [-0.05, 0) is 45.0 Å². The van der Waals surface area contributed by atoms with E-state index in [2.05, 4.69) is 4.90 Å². The van der Waals surface area contributed by atoms with Crippen LogP contribution in [-0.2, 0) is 14.8 Å². The van der Waals surface area contributed by atoms with Crippen LogP contribution in [0.2, 0.25) is 5.02 Å². The molecule has 28 heavy (non-hydrogen) atoms. The van der Waals surface area contributed by atoms with E-state index in [-0.39, 0.29) is 28.3 Å². The molecule has 2 heterocycles. The van der Waals surface area contributed by atoms with E-state index in [1.54, 1.807) is 6.07 Å². The van der Waals surface area contributed by atoms with E-state index < -0.39 is 10.0 Å². The lowest BCUT2D eigenvalue weighted by molar-refractivity contribution is -0.138. The Bertz CT molecular complexity index is 809. The number of carbonyl (C=O) groups is 1. The number of sulfonamides is 1. The summed E-state index contributed by atoms with van der Waals surface area (Å²) in [5.74, 6) is 0.243. The highest BCUT2D eigenvalue weighted by Gasteiger charge is 2.35. The van der Waals surface area contributed by atoms with Crippen molar-refractivity contribution in [2.45, 2.75) is 24.7 Å². The lowest BCUT2D eigenvalue weighted by atomic mass is 9.98. The van der Waals surface area contributed by atoms with Crippen LogP contribution in [0.4, 0.5) is 0 Å². The fraction of sp³-hybridized carbons (Fsp3) is 0.632. The Morgan fingerprint density at radius 3 is 2.57 bits per heavy atom. The zero-order chi connectivity index (χ0) is 20.3. The maximum atomic E-state index is 13.1. The standard InChI is InChI=1S/C19H28ClN3O4S/c1-3-27-18-7-6-16(13-17(18)20)28(25,26)23-8-4-5-15(14-23)19(24)22-11-9-21(2)10-12-22/h6-7,13,15H,3-5,8-12,14H2,1-2H3. The molecule has 2 aliphatic rings. The number of amides is 1. The molecule has 1 aromatic rings. The monoisotopic (exact) mass is 429 g/mol. The molecule has 7 nitrogen and oxygen atoms in total. The molecule has 0 bridgehead atoms. The molecule has 2 fully saturated rings. The van der Waals surface area contributed by atoms with E-state index in [0.29, 0.717) is 38.4 Å². The molecular formula is C19H28ClN3O4S. The van der Waals surface area contributed by atoms with Gasteiger partial charge in [-0.1, -0.05) is 11.6 Å². The van der Waals surface area contributed by atoms with Crippen LogP contribution < -0.4 is 4.74 Å². The summed E-state index contributed by atoms with van der Waals surface area (Å²) < 4.78 is 33.0. The minimum absolute atomic E-state index is 0.0673. The first kappa shape index (κ1) is 21.4. The first-order valence-electron chi connectivity index (χ1n) is 9.72. The highest BCUT2D eigenvalue weighted by molar-refractivity contribution is 7.89. The second-order valence-corrected chi connectivity index (χ2v) is 9.70. The zero-order valence-corrected chi connectivity index (χ0v) is 18.0. The Kier molecular flexibility index (Phi) is 6.85. The van der Waals surface area contributed by atoms with Gasteiger partial charge in [-0.15, -0.1) is 0 Å². The van der Waals surface area contributed by atoms with Gasteiger partial charge in [0.05, 0.1) is 22.4 Å². The van der Waals surface area contributed by atoms with Crippen LogP contribution in [0, 0.1) is 5.92 Å². The second kappa shape index (κ2) is 8.98. The van der Waals surface area contributed by atoms with Crippen molar-refractivity contribution in [3.05, 3.63) is 23.2 Å². The quantitative estimate of drug-likeness (QED) is 0.715. The molecule has 1 unspecified atom stereocenters. The molecule has 1 atom stereocenters. The van der Waals surface area contributed by atoms with Crippen LogP contribution in [-0.4, -0.2) is 81.4 Å². The molecule has 0 saturated carbocycles. The van der Waals surface area contributed by atoms with Crippen LogP contribution in [0.15, 0.2) is 23.1 Å². The van der Waals surface area contributed by atoms with Gasteiger partial charge in [0.1, 0.15) is 5.75 Å². The number of nitrogens with zero attached hydrogens (tertiary/aromatic N) is 3. The Balaban J connectivity index is 1.72. The van der Waals surface area contributed by atoms with Crippen molar-refractivity contribution in [1.29, 1.82) is 0 Å². The third kappa shape index (κ3) is 4.62. The molecule has 3 rings (SSSR count). The van der Waals surface area contributed by atoms with Gasteiger partial charge in [0, 0.05) is 39.3 Å². The molecular weight excluding hydrogens is 402 g/mol. The summed E-state index contributed by atoms with van der Waals surface area (Å²) in [6.07, 6.45) is 1.40. The predicted octanol–water partition coefficient (Wildman–Crippen LogP) is 1.91. The number of likely N-dealkylation sites (N-methyl/N-ethyl adjacent to an activating group) is 1. The first-order valence-corrected chi connectivity index (χ1v) is 11.5. The van der Waals surface area contributed by atoms with Crippen molar-refractivity contribution in [2.75, 3.05) is 52.9 Å². The van der Waals surface area contributed by atoms with Crippen molar-refractivity contribution in [2.24, 2.45) is 5.92 Å². The van der Waals surface area contributed by atoms with Crippen molar-refractivity contribution in [3.63, 3.8) is 0 Å². The maximum Gasteiger partial charge on any atom is 0.243 e. The predicted molar refractivity (Wildman–Crippen MR) is 108 cm³/mol. The normalized spacial score (nSPS) is 22.2. The number of ether oxygens (including phenoxy) is 1. The molecule has 0 radical (unpaired) electrons. The van der Waals surface area contributed by atoms with Gasteiger partial charge in [0.15, 0.2) is 0 Å². The molecule has 1 amide bonds. The maximum absolute atomic E-state index is 13.1. The molecule has 1 aromatic carbocycles. The van der Waals surface area contributed by atoms with E-state index in [0.717, 1.165) is 19.5 Å². The number of piperidine rings is 1. The zero-order valence-electron chi connectivity index (χ0n) is 16.4. The van der Waals surface area contributed by atoms with Gasteiger partial charge >= 0.3 is 0 Å². The summed E-state index contributed by atoms with van der Waals surface area (Å²) in [5.41, 5.74) is 0. The van der Waals surface area contributed by atoms with E-state index >= 15 is 0 Å². The lowest BCUT2D eigenvalue weighted by Gasteiger charge is -2.37. The first-order chi connectivity index (χ1) is 13.3. The van der Waals surface area contributed by atoms with Crippen LogP contribution in [0.1, 0.15) is 19.8 Å². The van der Waals surface area contributed by atoms with Gasteiger partial charge in [-0.2, -0.15) is 4.31 Å². The molecule has 0 spiro atoms. The summed E-state index contributed by atoms with van der Waals surface area (Å²) in [6, 6.07) is 4.52. The molecule has 0 aromatic heterocycles. The summed E-state index contributed by atoms with van der Waals surface area (Å²) in [5, 5.41) is 0.269. The van der Waals surface area contributed by atoms with E-state index in [4.69, 9.17) is 16.3 Å². The molecule has 2 aliphatic heterocycles. The number of hydrogen-bond acceptors (Lipinski definition) is 5. The lowest BCUT2D eigenvalue weighted by Crippen LogP contribution is -2.52. The molecule has 2 saturated heterocycles. The Labute approximate surface area is 172 Å². The van der Waals surface area contributed by atoms with Crippen molar-refractivity contribution in [1.82, 2.24) is 14.1 Å². The number of benzene rings is 1. The molecule has 9 heteroatoms. The Morgan fingerprint density at radius 1 is 1.21 bits per heavy atom. The summed E-state index contributed by atoms with van der Waals surface area (Å²) in [6.45, 7) is 6.04. The summed E-state index contributed by atoms with van der Waals surface area (Å²) in [7, 11) is -1.67. The Morgan fingerprint density at radius 2 is 1.93 bits per heavy atom. The number of hydrogen-bond donors (Lipinski definition) is 0. The van der Waals surface area contributed by atoms with Crippen LogP contribution in [0.3, 0.4) is 0 Å². The number of halogens is 1. The fourth-order valence-electron chi connectivity index (χ4n) is 3.71. The van der Waals surface area contributed by atoms with Crippen LogP contribution in [0.5, 0.6) is 5.75 Å². The van der Waals surface area contributed by atoms with E-state index in [1.807, 2.05) is 18.9 Å². The van der Waals surface area contributed by atoms with Gasteiger partial charge in [0.2, 0.25) is 15.9 Å². The smallest absolute Gasteiger partial charge is 0.243 e. The van der Waals surface area contributed by atoms with Gasteiger partial charge < -0.3 is 14.5 Å². The topological polar surface area (TPSA) is 70.2 Å². The minimum atomic E-state index is -3.71. The van der Waals surface area contributed by atoms with Gasteiger partial charge in [0.25, 0.3) is 0 Å². The SMILES string of the molecule is CCOc1ccc(S(=O)(=O)N2CCCC(C(=O)N3CCN(C)CC3)C2)cc1Cl. The number of carbonyl (C=O) groups excluding carboxylic acids is 1. The van der Waals surface area contributed by atoms with Gasteiger partial charge in [-0.25, -0.2) is 8.42 Å². The fourth-order valence-corrected chi connectivity index (χ4v) is 5.56. The van der Waals surface area contributed by atoms with E-state index in [1.165, 1.54) is 16.4 Å². The second-order valence-electron chi connectivity index (χ2n) is 7.36. The van der Waals surface area contributed by atoms with Crippen molar-refractivity contribution >= 4 is 27.5 Å². The largest absolute Gasteiger partial charge is 0.492 e. The Hall–Kier alpha value is -1.35. The molecule has 0 N–H and O–H groups in total. The molecule has 0 aliphatic carbocycles. The average molecular weight is 430 g/mol. The summed E-state index contributed by atoms with van der Waals surface area (Å²) >= 11 is 6.17. The summed E-state index contributed by atoms with van der Waals surface area (Å²) in [4.78, 5) is 17.1. The van der Waals surface area contributed by atoms with E-state index in [9.17, 15) is 13.2 Å².